The summed E-state index contributed by atoms with van der Waals surface area (Å²) in [5.41, 5.74) is 0.984. The lowest BCUT2D eigenvalue weighted by molar-refractivity contribution is 0.449. The number of benzene rings is 1. The first kappa shape index (κ1) is 4.86. The van der Waals surface area contributed by atoms with E-state index in [4.69, 9.17) is 4.74 Å². The summed E-state index contributed by atoms with van der Waals surface area (Å²) >= 11 is 0. The number of ether oxygens (including phenoxy) is 1. The van der Waals surface area contributed by atoms with Gasteiger partial charge in [0.15, 0.2) is 0 Å². The summed E-state index contributed by atoms with van der Waals surface area (Å²) in [6.07, 6.45) is 2.83. The molecule has 0 aliphatic carbocycles. The Morgan fingerprint density at radius 1 is 1.22 bits per heavy atom. The second-order valence-corrected chi connectivity index (χ2v) is 1.83. The van der Waals surface area contributed by atoms with Gasteiger partial charge in [0, 0.05) is 5.56 Å². The second kappa shape index (κ2) is 1.76. The number of rotatable bonds is 0. The molecule has 1 heterocycles. The molecule has 0 spiro atoms. The summed E-state index contributed by atoms with van der Waals surface area (Å²) in [5.74, 6) is 0.845. The third-order valence-corrected chi connectivity index (χ3v) is 1.23. The minimum absolute atomic E-state index is 0.845. The van der Waals surface area contributed by atoms with Crippen molar-refractivity contribution >= 4 is 0 Å². The second-order valence-electron chi connectivity index (χ2n) is 1.83. The zero-order valence-corrected chi connectivity index (χ0v) is 4.72. The van der Waals surface area contributed by atoms with Crippen LogP contribution in [0.3, 0.4) is 0 Å². The largest absolute Gasteiger partial charge is 0.477 e. The molecular weight excluding hydrogens is 112 g/mol. The van der Waals surface area contributed by atoms with Crippen molar-refractivity contribution in [2.24, 2.45) is 0 Å². The van der Waals surface area contributed by atoms with Crippen LogP contribution in [0.25, 0.3) is 0 Å². The molecule has 1 aromatic carbocycles. The molecule has 1 aromatic rings. The van der Waals surface area contributed by atoms with Crippen LogP contribution >= 0.6 is 0 Å². The molecule has 0 atom stereocenters. The lowest BCUT2D eigenvalue weighted by Crippen LogP contribution is -1.75. The van der Waals surface area contributed by atoms with E-state index in [2.05, 4.69) is 13.0 Å². The molecule has 1 aliphatic heterocycles. The van der Waals surface area contributed by atoms with Crippen LogP contribution in [0.2, 0.25) is 0 Å². The molecule has 4 radical (unpaired) electrons. The Morgan fingerprint density at radius 2 is 2.11 bits per heavy atom. The molecule has 0 N–H and O–H groups in total. The van der Waals surface area contributed by atoms with E-state index < -0.39 is 0 Å². The fourth-order valence-corrected chi connectivity index (χ4v) is 0.794. The van der Waals surface area contributed by atoms with Crippen LogP contribution in [-0.2, 0) is 0 Å². The van der Waals surface area contributed by atoms with Gasteiger partial charge >= 0.3 is 0 Å². The van der Waals surface area contributed by atoms with E-state index in [0.717, 1.165) is 11.3 Å². The van der Waals surface area contributed by atoms with Crippen LogP contribution in [0, 0.1) is 13.0 Å². The van der Waals surface area contributed by atoms with Crippen LogP contribution in [0.4, 0.5) is 0 Å². The highest BCUT2D eigenvalue weighted by Gasteiger charge is 2.11. The van der Waals surface area contributed by atoms with E-state index >= 15 is 0 Å². The topological polar surface area (TPSA) is 9.23 Å². The Labute approximate surface area is 54.3 Å². The van der Waals surface area contributed by atoms with E-state index in [0.29, 0.717) is 0 Å². The van der Waals surface area contributed by atoms with E-state index in [1.807, 2.05) is 24.3 Å². The Morgan fingerprint density at radius 3 is 3.00 bits per heavy atom. The third-order valence-electron chi connectivity index (χ3n) is 1.23. The standard InChI is InChI=1S/C8H4O/c1-2-4-8-7(3-1)5-6-9-8/h1-4H. The number of hydrogen-bond donors (Lipinski definition) is 0. The molecule has 0 saturated heterocycles. The van der Waals surface area contributed by atoms with E-state index in [1.165, 1.54) is 0 Å². The highest BCUT2D eigenvalue weighted by molar-refractivity contribution is 5.44. The van der Waals surface area contributed by atoms with Crippen molar-refractivity contribution in [3.63, 3.8) is 0 Å². The van der Waals surface area contributed by atoms with Crippen molar-refractivity contribution in [2.75, 3.05) is 0 Å². The monoisotopic (exact) mass is 116 g/mol. The Kier molecular flexibility index (Phi) is 0.950. The van der Waals surface area contributed by atoms with Gasteiger partial charge in [-0.15, -0.1) is 0 Å². The summed E-state index contributed by atoms with van der Waals surface area (Å²) < 4.78 is 4.94. The molecule has 0 saturated carbocycles. The lowest BCUT2D eigenvalue weighted by Gasteiger charge is -1.92. The van der Waals surface area contributed by atoms with E-state index in [9.17, 15) is 0 Å². The SMILES string of the molecule is [C]1[C]c2ccccc2O1. The van der Waals surface area contributed by atoms with Gasteiger partial charge in [-0.05, 0) is 6.07 Å². The first-order valence-corrected chi connectivity index (χ1v) is 2.74. The maximum Gasteiger partial charge on any atom is 0.210 e. The minimum atomic E-state index is 0.845. The summed E-state index contributed by atoms with van der Waals surface area (Å²) in [5, 5.41) is 0. The van der Waals surface area contributed by atoms with Gasteiger partial charge in [-0.25, -0.2) is 0 Å². The van der Waals surface area contributed by atoms with Crippen molar-refractivity contribution in [3.05, 3.63) is 42.9 Å². The van der Waals surface area contributed by atoms with Crippen molar-refractivity contribution in [1.82, 2.24) is 0 Å². The fourth-order valence-electron chi connectivity index (χ4n) is 0.794. The predicted octanol–water partition coefficient (Wildman–Crippen LogP) is 1.55. The lowest BCUT2D eigenvalue weighted by atomic mass is 10.2. The third kappa shape index (κ3) is 0.689. The number of fused-ring (bicyclic) bond motifs is 1. The van der Waals surface area contributed by atoms with Crippen molar-refractivity contribution in [2.45, 2.75) is 0 Å². The van der Waals surface area contributed by atoms with Crippen molar-refractivity contribution < 1.29 is 4.74 Å². The van der Waals surface area contributed by atoms with Crippen LogP contribution < -0.4 is 4.74 Å². The van der Waals surface area contributed by atoms with Gasteiger partial charge in [0.1, 0.15) is 5.75 Å². The Balaban J connectivity index is 2.54. The Hall–Kier alpha value is -0.980. The van der Waals surface area contributed by atoms with Gasteiger partial charge in [0.25, 0.3) is 0 Å². The molecule has 0 unspecified atom stereocenters. The van der Waals surface area contributed by atoms with Crippen molar-refractivity contribution in [3.8, 4) is 5.75 Å². The molecule has 1 heteroatoms. The van der Waals surface area contributed by atoms with Gasteiger partial charge in [-0.3, -0.25) is 0 Å². The summed E-state index contributed by atoms with van der Waals surface area (Å²) in [6, 6.07) is 7.70. The predicted molar refractivity (Wildman–Crippen MR) is 32.7 cm³/mol. The average molecular weight is 116 g/mol. The molecule has 1 aliphatic rings. The van der Waals surface area contributed by atoms with Gasteiger partial charge < -0.3 is 4.74 Å². The van der Waals surface area contributed by atoms with Crippen LogP contribution in [0.15, 0.2) is 24.3 Å². The molecule has 42 valence electrons. The fraction of sp³-hybridized carbons (Fsp3) is 0. The maximum absolute atomic E-state index is 4.94. The quantitative estimate of drug-likeness (QED) is 0.499. The summed E-state index contributed by atoms with van der Waals surface area (Å²) in [7, 11) is 0. The first-order chi connectivity index (χ1) is 4.47. The van der Waals surface area contributed by atoms with Gasteiger partial charge in [0.05, 0.1) is 6.42 Å². The molecule has 1 nitrogen and oxygen atoms in total. The van der Waals surface area contributed by atoms with Crippen LogP contribution in [0.1, 0.15) is 5.56 Å². The van der Waals surface area contributed by atoms with Crippen LogP contribution in [0.5, 0.6) is 5.75 Å². The maximum atomic E-state index is 4.94. The molecule has 0 amide bonds. The highest BCUT2D eigenvalue weighted by Crippen LogP contribution is 2.26. The van der Waals surface area contributed by atoms with Gasteiger partial charge in [0.2, 0.25) is 6.61 Å². The molecule has 0 bridgehead atoms. The normalized spacial score (nSPS) is 14.7. The van der Waals surface area contributed by atoms with E-state index in [-0.39, 0.29) is 0 Å². The molecule has 0 aromatic heterocycles. The molecule has 2 rings (SSSR count). The summed E-state index contributed by atoms with van der Waals surface area (Å²) in [4.78, 5) is 0. The minimum Gasteiger partial charge on any atom is -0.477 e. The number of para-hydroxylation sites is 1. The highest BCUT2D eigenvalue weighted by atomic mass is 16.5. The van der Waals surface area contributed by atoms with E-state index in [1.54, 1.807) is 0 Å². The Bertz CT molecular complexity index is 195. The molecule has 9 heavy (non-hydrogen) atoms. The zero-order chi connectivity index (χ0) is 6.10. The van der Waals surface area contributed by atoms with Crippen LogP contribution in [-0.4, -0.2) is 0 Å². The average Bonchev–Trinajstić information content (AvgIpc) is 2.33. The number of hydrogen-bond acceptors (Lipinski definition) is 1. The molecule has 0 fully saturated rings. The smallest absolute Gasteiger partial charge is 0.210 e. The summed E-state index contributed by atoms with van der Waals surface area (Å²) in [6.45, 7) is 2.54. The van der Waals surface area contributed by atoms with Crippen molar-refractivity contribution in [1.29, 1.82) is 0 Å². The van der Waals surface area contributed by atoms with Gasteiger partial charge in [-0.2, -0.15) is 0 Å². The molecular formula is C8H4O. The first-order valence-electron chi connectivity index (χ1n) is 2.74. The van der Waals surface area contributed by atoms with Gasteiger partial charge in [-0.1, -0.05) is 18.2 Å². The zero-order valence-electron chi connectivity index (χ0n) is 4.72.